The number of benzene rings is 3. The first-order valence-corrected chi connectivity index (χ1v) is 12.3. The van der Waals surface area contributed by atoms with Gasteiger partial charge in [0.2, 0.25) is 0 Å². The summed E-state index contributed by atoms with van der Waals surface area (Å²) in [6.45, 7) is 5.46. The summed E-state index contributed by atoms with van der Waals surface area (Å²) in [5.41, 5.74) is 4.54. The minimum absolute atomic E-state index is 0.0668. The van der Waals surface area contributed by atoms with Crippen LogP contribution in [0.1, 0.15) is 22.6 Å². The highest BCUT2D eigenvalue weighted by Crippen LogP contribution is 2.42. The molecule has 2 heterocycles. The molecule has 5 rings (SSSR count). The lowest BCUT2D eigenvalue weighted by Crippen LogP contribution is -2.36. The molecule has 0 saturated carbocycles. The topological polar surface area (TPSA) is 68.1 Å². The molecule has 1 atom stereocenters. The third-order valence-electron chi connectivity index (χ3n) is 6.69. The lowest BCUT2D eigenvalue weighted by atomic mass is 9.84. The summed E-state index contributed by atoms with van der Waals surface area (Å²) in [5, 5.41) is 12.6. The van der Waals surface area contributed by atoms with Gasteiger partial charge in [0.1, 0.15) is 5.69 Å². The average molecular weight is 494 g/mol. The van der Waals surface area contributed by atoms with Crippen molar-refractivity contribution >= 4 is 28.7 Å². The number of hydrogen-bond donors (Lipinski definition) is 0. The van der Waals surface area contributed by atoms with E-state index in [1.165, 1.54) is 0 Å². The Morgan fingerprint density at radius 2 is 1.37 bits per heavy atom. The number of nitro benzene ring substituents is 1. The van der Waals surface area contributed by atoms with Crippen LogP contribution >= 0.6 is 11.6 Å². The normalized spacial score (nSPS) is 17.3. The molecule has 182 valence electrons. The van der Waals surface area contributed by atoms with Crippen LogP contribution < -0.4 is 9.80 Å². The van der Waals surface area contributed by atoms with Gasteiger partial charge in [-0.3, -0.25) is 10.1 Å². The van der Waals surface area contributed by atoms with Crippen molar-refractivity contribution in [1.82, 2.24) is 0 Å². The highest BCUT2D eigenvalue weighted by Gasteiger charge is 2.28. The fraction of sp³-hybridized carbons (Fsp3) is 0.333. The van der Waals surface area contributed by atoms with Crippen molar-refractivity contribution in [2.75, 3.05) is 62.4 Å². The number of rotatable bonds is 6. The largest absolute Gasteiger partial charge is 0.378 e. The predicted molar refractivity (Wildman–Crippen MR) is 138 cm³/mol. The molecular formula is C27H28ClN3O4. The van der Waals surface area contributed by atoms with E-state index < -0.39 is 0 Å². The number of ether oxygens (including phenoxy) is 2. The van der Waals surface area contributed by atoms with Gasteiger partial charge in [-0.15, -0.1) is 0 Å². The van der Waals surface area contributed by atoms with E-state index in [4.69, 9.17) is 21.1 Å². The zero-order valence-electron chi connectivity index (χ0n) is 19.4. The molecule has 35 heavy (non-hydrogen) atoms. The summed E-state index contributed by atoms with van der Waals surface area (Å²) in [4.78, 5) is 16.1. The molecule has 0 radical (unpaired) electrons. The standard InChI is InChI=1S/C27H28ClN3O4/c28-24-19-25(30-12-16-35-17-13-30)26(31(32)33)18-23(24)27(20-4-2-1-3-5-20)21-6-8-22(9-7-21)29-10-14-34-15-11-29/h1-9,18-19,27H,10-17H2. The minimum atomic E-state index is -0.311. The SMILES string of the molecule is O=[N+]([O-])c1cc(C(c2ccccc2)c2ccc(N3CCOCC3)cc2)c(Cl)cc1N1CCOCC1. The Kier molecular flexibility index (Phi) is 7.18. The second kappa shape index (κ2) is 10.6. The Morgan fingerprint density at radius 3 is 1.97 bits per heavy atom. The Hall–Kier alpha value is -3.13. The van der Waals surface area contributed by atoms with Crippen LogP contribution in [0.25, 0.3) is 0 Å². The Labute approximate surface area is 210 Å². The Bertz CT molecular complexity index is 1160. The second-order valence-electron chi connectivity index (χ2n) is 8.75. The summed E-state index contributed by atoms with van der Waals surface area (Å²) in [7, 11) is 0. The molecule has 3 aromatic rings. The molecule has 0 aliphatic carbocycles. The maximum atomic E-state index is 12.1. The number of nitro groups is 1. The van der Waals surface area contributed by atoms with Gasteiger partial charge in [-0.25, -0.2) is 0 Å². The van der Waals surface area contributed by atoms with Crippen molar-refractivity contribution in [2.45, 2.75) is 5.92 Å². The zero-order chi connectivity index (χ0) is 24.2. The highest BCUT2D eigenvalue weighted by molar-refractivity contribution is 6.32. The fourth-order valence-corrected chi connectivity index (χ4v) is 5.16. The summed E-state index contributed by atoms with van der Waals surface area (Å²) < 4.78 is 10.9. The van der Waals surface area contributed by atoms with Gasteiger partial charge in [-0.1, -0.05) is 54.1 Å². The lowest BCUT2D eigenvalue weighted by Gasteiger charge is -2.30. The summed E-state index contributed by atoms with van der Waals surface area (Å²) in [6.07, 6.45) is 0. The van der Waals surface area contributed by atoms with E-state index in [9.17, 15) is 10.1 Å². The number of hydrogen-bond acceptors (Lipinski definition) is 6. The summed E-state index contributed by atoms with van der Waals surface area (Å²) in [5.74, 6) is -0.236. The lowest BCUT2D eigenvalue weighted by molar-refractivity contribution is -0.384. The van der Waals surface area contributed by atoms with Crippen LogP contribution in [0.5, 0.6) is 0 Å². The zero-order valence-corrected chi connectivity index (χ0v) is 20.2. The van der Waals surface area contributed by atoms with Crippen molar-refractivity contribution < 1.29 is 14.4 Å². The van der Waals surface area contributed by atoms with E-state index in [0.29, 0.717) is 37.0 Å². The number of halogens is 1. The first kappa shape index (κ1) is 23.6. The molecule has 0 N–H and O–H groups in total. The highest BCUT2D eigenvalue weighted by atomic mass is 35.5. The van der Waals surface area contributed by atoms with Crippen LogP contribution in [0.15, 0.2) is 66.7 Å². The van der Waals surface area contributed by atoms with Crippen LogP contribution in [0.4, 0.5) is 17.1 Å². The van der Waals surface area contributed by atoms with E-state index in [1.807, 2.05) is 35.2 Å². The minimum Gasteiger partial charge on any atom is -0.378 e. The van der Waals surface area contributed by atoms with E-state index >= 15 is 0 Å². The quantitative estimate of drug-likeness (QED) is 0.270. The third kappa shape index (κ3) is 5.12. The Morgan fingerprint density at radius 1 is 0.800 bits per heavy atom. The molecule has 0 amide bonds. The molecule has 2 fully saturated rings. The molecule has 3 aromatic carbocycles. The van der Waals surface area contributed by atoms with Gasteiger partial charge in [-0.2, -0.15) is 0 Å². The fourth-order valence-electron chi connectivity index (χ4n) is 4.89. The molecule has 8 heteroatoms. The smallest absolute Gasteiger partial charge is 0.292 e. The van der Waals surface area contributed by atoms with Gasteiger partial charge < -0.3 is 19.3 Å². The van der Waals surface area contributed by atoms with Crippen molar-refractivity contribution in [3.63, 3.8) is 0 Å². The van der Waals surface area contributed by atoms with Gasteiger partial charge in [0.15, 0.2) is 0 Å². The van der Waals surface area contributed by atoms with Gasteiger partial charge in [0, 0.05) is 48.9 Å². The van der Waals surface area contributed by atoms with E-state index in [0.717, 1.165) is 48.7 Å². The molecule has 2 saturated heterocycles. The van der Waals surface area contributed by atoms with Crippen LogP contribution in [0.2, 0.25) is 5.02 Å². The van der Waals surface area contributed by atoms with Crippen molar-refractivity contribution in [3.05, 3.63) is 98.6 Å². The van der Waals surface area contributed by atoms with Crippen molar-refractivity contribution in [2.24, 2.45) is 0 Å². The maximum absolute atomic E-state index is 12.1. The average Bonchev–Trinajstić information content (AvgIpc) is 2.91. The third-order valence-corrected chi connectivity index (χ3v) is 7.02. The van der Waals surface area contributed by atoms with Crippen molar-refractivity contribution in [1.29, 1.82) is 0 Å². The molecule has 7 nitrogen and oxygen atoms in total. The van der Waals surface area contributed by atoms with Gasteiger partial charge in [0.25, 0.3) is 5.69 Å². The van der Waals surface area contributed by atoms with Gasteiger partial charge >= 0.3 is 0 Å². The molecule has 0 bridgehead atoms. The number of nitrogens with zero attached hydrogens (tertiary/aromatic N) is 3. The molecular weight excluding hydrogens is 466 g/mol. The van der Waals surface area contributed by atoms with E-state index in [1.54, 1.807) is 12.1 Å². The molecule has 1 unspecified atom stereocenters. The molecule has 2 aliphatic rings. The predicted octanol–water partition coefficient (Wildman–Crippen LogP) is 5.10. The number of anilines is 2. The second-order valence-corrected chi connectivity index (χ2v) is 9.16. The summed E-state index contributed by atoms with van der Waals surface area (Å²) in [6, 6.07) is 21.8. The van der Waals surface area contributed by atoms with Crippen LogP contribution in [0.3, 0.4) is 0 Å². The molecule has 2 aliphatic heterocycles. The van der Waals surface area contributed by atoms with Gasteiger partial charge in [-0.05, 0) is 34.9 Å². The molecule has 0 aromatic heterocycles. The monoisotopic (exact) mass is 493 g/mol. The maximum Gasteiger partial charge on any atom is 0.292 e. The van der Waals surface area contributed by atoms with E-state index in [-0.39, 0.29) is 16.5 Å². The van der Waals surface area contributed by atoms with Gasteiger partial charge in [0.05, 0.1) is 31.4 Å². The Balaban J connectivity index is 1.57. The van der Waals surface area contributed by atoms with E-state index in [2.05, 4.69) is 29.2 Å². The molecule has 0 spiro atoms. The van der Waals surface area contributed by atoms with Crippen LogP contribution in [-0.4, -0.2) is 57.5 Å². The van der Waals surface area contributed by atoms with Crippen LogP contribution in [-0.2, 0) is 9.47 Å². The van der Waals surface area contributed by atoms with Crippen molar-refractivity contribution in [3.8, 4) is 0 Å². The summed E-state index contributed by atoms with van der Waals surface area (Å²) >= 11 is 6.87. The first-order valence-electron chi connectivity index (χ1n) is 11.9. The first-order chi connectivity index (χ1) is 17.1. The number of morpholine rings is 2. The van der Waals surface area contributed by atoms with Crippen LogP contribution in [0, 0.1) is 10.1 Å².